The molecule has 1 saturated heterocycles. The molecule has 0 saturated carbocycles. The van der Waals surface area contributed by atoms with Gasteiger partial charge < -0.3 is 15.4 Å². The van der Waals surface area contributed by atoms with Crippen LogP contribution in [0.3, 0.4) is 0 Å². The van der Waals surface area contributed by atoms with E-state index in [9.17, 15) is 4.79 Å². The molecule has 1 heterocycles. The lowest BCUT2D eigenvalue weighted by Crippen LogP contribution is -2.35. The van der Waals surface area contributed by atoms with E-state index in [2.05, 4.69) is 10.6 Å². The van der Waals surface area contributed by atoms with Gasteiger partial charge in [0.1, 0.15) is 5.75 Å². The van der Waals surface area contributed by atoms with Crippen LogP contribution in [0.1, 0.15) is 30.5 Å². The number of carbonyl (C=O) groups excluding carboxylic acids is 1. The minimum atomic E-state index is -0.144. The zero-order valence-electron chi connectivity index (χ0n) is 14.0. The Balaban J connectivity index is 1.83. The minimum absolute atomic E-state index is 0.0545. The van der Waals surface area contributed by atoms with Gasteiger partial charge in [-0.2, -0.15) is 0 Å². The van der Waals surface area contributed by atoms with Gasteiger partial charge in [-0.15, -0.1) is 0 Å². The van der Waals surface area contributed by atoms with Gasteiger partial charge in [-0.3, -0.25) is 4.79 Å². The fourth-order valence-corrected chi connectivity index (χ4v) is 3.07. The molecule has 0 aromatic heterocycles. The molecule has 0 aliphatic carbocycles. The van der Waals surface area contributed by atoms with Crippen molar-refractivity contribution in [3.63, 3.8) is 0 Å². The summed E-state index contributed by atoms with van der Waals surface area (Å²) in [5, 5.41) is 6.47. The number of ether oxygens (including phenoxy) is 1. The first-order valence-electron chi connectivity index (χ1n) is 8.56. The number of nitrogens with one attached hydrogen (secondary N) is 2. The number of hydrogen-bond donors (Lipinski definition) is 2. The zero-order valence-corrected chi connectivity index (χ0v) is 14.0. The standard InChI is InChI=1S/C20H24N2O2/c1-2-24-18-10-8-16(9-11-18)19(15-6-4-3-5-7-15)22-20(23)17-12-13-21-14-17/h3-11,17,19,21H,2,12-14H2,1H3,(H,22,23). The molecule has 1 aliphatic heterocycles. The topological polar surface area (TPSA) is 50.4 Å². The fourth-order valence-electron chi connectivity index (χ4n) is 3.07. The third kappa shape index (κ3) is 3.95. The van der Waals surface area contributed by atoms with Gasteiger partial charge >= 0.3 is 0 Å². The van der Waals surface area contributed by atoms with Crippen LogP contribution >= 0.6 is 0 Å². The second-order valence-electron chi connectivity index (χ2n) is 6.04. The van der Waals surface area contributed by atoms with Gasteiger partial charge in [0.15, 0.2) is 0 Å². The van der Waals surface area contributed by atoms with Gasteiger partial charge in [0, 0.05) is 6.54 Å². The van der Waals surface area contributed by atoms with Crippen molar-refractivity contribution in [1.29, 1.82) is 0 Å². The van der Waals surface area contributed by atoms with Crippen molar-refractivity contribution in [1.82, 2.24) is 10.6 Å². The second kappa shape index (κ2) is 7.97. The van der Waals surface area contributed by atoms with Gasteiger partial charge in [0.2, 0.25) is 5.91 Å². The lowest BCUT2D eigenvalue weighted by Gasteiger charge is -2.22. The third-order valence-corrected chi connectivity index (χ3v) is 4.38. The van der Waals surface area contributed by atoms with Crippen LogP contribution in [-0.2, 0) is 4.79 Å². The summed E-state index contributed by atoms with van der Waals surface area (Å²) < 4.78 is 5.51. The third-order valence-electron chi connectivity index (χ3n) is 4.38. The van der Waals surface area contributed by atoms with E-state index < -0.39 is 0 Å². The Labute approximate surface area is 143 Å². The summed E-state index contributed by atoms with van der Waals surface area (Å²) in [5.41, 5.74) is 2.14. The summed E-state index contributed by atoms with van der Waals surface area (Å²) in [7, 11) is 0. The molecule has 2 atom stereocenters. The first kappa shape index (κ1) is 16.5. The molecule has 24 heavy (non-hydrogen) atoms. The Morgan fingerprint density at radius 3 is 2.50 bits per heavy atom. The number of amides is 1. The molecule has 1 fully saturated rings. The molecular formula is C20H24N2O2. The first-order chi connectivity index (χ1) is 11.8. The van der Waals surface area contributed by atoms with E-state index in [-0.39, 0.29) is 17.9 Å². The average Bonchev–Trinajstić information content (AvgIpc) is 3.16. The van der Waals surface area contributed by atoms with E-state index in [1.807, 2.05) is 61.5 Å². The Hall–Kier alpha value is -2.33. The van der Waals surface area contributed by atoms with Gasteiger partial charge in [0.05, 0.1) is 18.6 Å². The highest BCUT2D eigenvalue weighted by atomic mass is 16.5. The van der Waals surface area contributed by atoms with E-state index in [1.54, 1.807) is 0 Å². The van der Waals surface area contributed by atoms with Crippen molar-refractivity contribution in [2.75, 3.05) is 19.7 Å². The largest absolute Gasteiger partial charge is 0.494 e. The SMILES string of the molecule is CCOc1ccc(C(NC(=O)C2CCNC2)c2ccccc2)cc1. The molecular weight excluding hydrogens is 300 g/mol. The van der Waals surface area contributed by atoms with E-state index in [4.69, 9.17) is 4.74 Å². The average molecular weight is 324 g/mol. The Kier molecular flexibility index (Phi) is 5.49. The predicted molar refractivity (Wildman–Crippen MR) is 95.0 cm³/mol. The van der Waals surface area contributed by atoms with Crippen LogP contribution in [0, 0.1) is 5.92 Å². The van der Waals surface area contributed by atoms with Crippen LogP contribution in [0.4, 0.5) is 0 Å². The highest BCUT2D eigenvalue weighted by Gasteiger charge is 2.25. The first-order valence-corrected chi connectivity index (χ1v) is 8.56. The molecule has 1 aliphatic rings. The van der Waals surface area contributed by atoms with Crippen LogP contribution in [0.25, 0.3) is 0 Å². The van der Waals surface area contributed by atoms with E-state index in [1.165, 1.54) is 0 Å². The zero-order chi connectivity index (χ0) is 16.8. The Bertz CT molecular complexity index is 649. The van der Waals surface area contributed by atoms with Gasteiger partial charge in [-0.25, -0.2) is 0 Å². The molecule has 0 radical (unpaired) electrons. The maximum Gasteiger partial charge on any atom is 0.225 e. The monoisotopic (exact) mass is 324 g/mol. The molecule has 0 bridgehead atoms. The van der Waals surface area contributed by atoms with Crippen molar-refractivity contribution in [2.45, 2.75) is 19.4 Å². The van der Waals surface area contributed by atoms with Crippen LogP contribution in [0.2, 0.25) is 0 Å². The van der Waals surface area contributed by atoms with Gasteiger partial charge in [-0.1, -0.05) is 42.5 Å². The maximum atomic E-state index is 12.6. The fraction of sp³-hybridized carbons (Fsp3) is 0.350. The molecule has 3 rings (SSSR count). The molecule has 2 unspecified atom stereocenters. The normalized spacial score (nSPS) is 18.1. The minimum Gasteiger partial charge on any atom is -0.494 e. The van der Waals surface area contributed by atoms with E-state index in [0.29, 0.717) is 6.61 Å². The molecule has 1 amide bonds. The Morgan fingerprint density at radius 2 is 1.88 bits per heavy atom. The molecule has 4 heteroatoms. The van der Waals surface area contributed by atoms with Crippen molar-refractivity contribution >= 4 is 5.91 Å². The lowest BCUT2D eigenvalue weighted by atomic mass is 9.97. The predicted octanol–water partition coefficient (Wildman–Crippen LogP) is 2.90. The molecule has 4 nitrogen and oxygen atoms in total. The van der Waals surface area contributed by atoms with Crippen molar-refractivity contribution in [2.24, 2.45) is 5.92 Å². The van der Waals surface area contributed by atoms with Crippen LogP contribution in [0.5, 0.6) is 5.75 Å². The summed E-state index contributed by atoms with van der Waals surface area (Å²) in [4.78, 5) is 12.6. The van der Waals surface area contributed by atoms with Crippen molar-refractivity contribution < 1.29 is 9.53 Å². The van der Waals surface area contributed by atoms with E-state index >= 15 is 0 Å². The number of hydrogen-bond acceptors (Lipinski definition) is 3. The number of carbonyl (C=O) groups is 1. The molecule has 0 spiro atoms. The van der Waals surface area contributed by atoms with Gasteiger partial charge in [0.25, 0.3) is 0 Å². The van der Waals surface area contributed by atoms with Crippen molar-refractivity contribution in [3.8, 4) is 5.75 Å². The summed E-state index contributed by atoms with van der Waals surface area (Å²) >= 11 is 0. The van der Waals surface area contributed by atoms with Crippen LogP contribution in [-0.4, -0.2) is 25.6 Å². The second-order valence-corrected chi connectivity index (χ2v) is 6.04. The summed E-state index contributed by atoms with van der Waals surface area (Å²) in [6, 6.07) is 17.9. The van der Waals surface area contributed by atoms with Gasteiger partial charge in [-0.05, 0) is 43.1 Å². The number of rotatable bonds is 6. The molecule has 2 aromatic carbocycles. The highest BCUT2D eigenvalue weighted by molar-refractivity contribution is 5.80. The highest BCUT2D eigenvalue weighted by Crippen LogP contribution is 2.25. The summed E-state index contributed by atoms with van der Waals surface area (Å²) in [6.07, 6.45) is 0.899. The van der Waals surface area contributed by atoms with Crippen LogP contribution in [0.15, 0.2) is 54.6 Å². The maximum absolute atomic E-state index is 12.6. The smallest absolute Gasteiger partial charge is 0.225 e. The van der Waals surface area contributed by atoms with Crippen LogP contribution < -0.4 is 15.4 Å². The summed E-state index contributed by atoms with van der Waals surface area (Å²) in [6.45, 7) is 4.29. The molecule has 126 valence electrons. The quantitative estimate of drug-likeness (QED) is 0.859. The molecule has 2 aromatic rings. The van der Waals surface area contributed by atoms with E-state index in [0.717, 1.165) is 36.4 Å². The number of benzene rings is 2. The Morgan fingerprint density at radius 1 is 1.17 bits per heavy atom. The van der Waals surface area contributed by atoms with Crippen molar-refractivity contribution in [3.05, 3.63) is 65.7 Å². The molecule has 2 N–H and O–H groups in total. The lowest BCUT2D eigenvalue weighted by molar-refractivity contribution is -0.124. The summed E-state index contributed by atoms with van der Waals surface area (Å²) in [5.74, 6) is 1.01.